The minimum atomic E-state index is -3.00. The smallest absolute Gasteiger partial charge is 0.274 e. The van der Waals surface area contributed by atoms with Gasteiger partial charge in [-0.3, -0.25) is 4.79 Å². The van der Waals surface area contributed by atoms with Crippen LogP contribution in [0.4, 0.5) is 11.6 Å². The molecule has 1 unspecified atom stereocenters. The van der Waals surface area contributed by atoms with E-state index in [0.29, 0.717) is 12.1 Å². The number of carbonyl (C=O) groups excluding carboxylic acids is 1. The molecule has 0 spiro atoms. The van der Waals surface area contributed by atoms with E-state index in [1.165, 1.54) is 0 Å². The molecule has 1 amide bonds. The number of nitrogens with one attached hydrogen (secondary N) is 2. The number of benzene rings is 1. The van der Waals surface area contributed by atoms with Gasteiger partial charge in [0, 0.05) is 17.4 Å². The molecule has 0 radical (unpaired) electrons. The fourth-order valence-electron chi connectivity index (χ4n) is 2.90. The summed E-state index contributed by atoms with van der Waals surface area (Å²) >= 11 is 0. The number of sulfone groups is 1. The first-order valence-corrected chi connectivity index (χ1v) is 10.3. The second kappa shape index (κ2) is 7.03. The molecular formula is C18H22N4O3S. The van der Waals surface area contributed by atoms with Gasteiger partial charge in [-0.25, -0.2) is 18.4 Å². The van der Waals surface area contributed by atoms with E-state index in [0.717, 1.165) is 16.8 Å². The molecule has 138 valence electrons. The molecule has 1 aromatic heterocycles. The van der Waals surface area contributed by atoms with E-state index in [-0.39, 0.29) is 35.1 Å². The van der Waals surface area contributed by atoms with Crippen molar-refractivity contribution < 1.29 is 13.2 Å². The predicted octanol–water partition coefficient (Wildman–Crippen LogP) is 2.25. The lowest BCUT2D eigenvalue weighted by molar-refractivity contribution is 0.102. The molecule has 3 rings (SSSR count). The zero-order valence-electron chi connectivity index (χ0n) is 15.0. The minimum Gasteiger partial charge on any atom is -0.350 e. The van der Waals surface area contributed by atoms with Crippen LogP contribution < -0.4 is 10.6 Å². The quantitative estimate of drug-likeness (QED) is 0.851. The second-order valence-corrected chi connectivity index (χ2v) is 8.96. The summed E-state index contributed by atoms with van der Waals surface area (Å²) in [4.78, 5) is 21.1. The van der Waals surface area contributed by atoms with Crippen LogP contribution in [0.25, 0.3) is 0 Å². The van der Waals surface area contributed by atoms with Crippen LogP contribution in [-0.4, -0.2) is 41.8 Å². The third kappa shape index (κ3) is 4.37. The zero-order valence-corrected chi connectivity index (χ0v) is 15.9. The Morgan fingerprint density at radius 1 is 1.15 bits per heavy atom. The maximum atomic E-state index is 12.6. The Balaban J connectivity index is 1.78. The van der Waals surface area contributed by atoms with Crippen molar-refractivity contribution in [1.82, 2.24) is 9.97 Å². The van der Waals surface area contributed by atoms with Gasteiger partial charge in [-0.15, -0.1) is 0 Å². The molecule has 2 N–H and O–H groups in total. The molecule has 2 heterocycles. The van der Waals surface area contributed by atoms with Crippen molar-refractivity contribution in [3.8, 4) is 0 Å². The summed E-state index contributed by atoms with van der Waals surface area (Å²) in [5.74, 6) is 0.176. The van der Waals surface area contributed by atoms with E-state index in [9.17, 15) is 13.2 Å². The van der Waals surface area contributed by atoms with Crippen molar-refractivity contribution in [3.63, 3.8) is 0 Å². The number of carbonyl (C=O) groups is 1. The van der Waals surface area contributed by atoms with Crippen LogP contribution in [0.2, 0.25) is 0 Å². The molecule has 0 aliphatic carbocycles. The molecule has 1 saturated heterocycles. The van der Waals surface area contributed by atoms with Gasteiger partial charge in [-0.1, -0.05) is 12.1 Å². The molecular weight excluding hydrogens is 352 g/mol. The van der Waals surface area contributed by atoms with Crippen LogP contribution in [0.15, 0.2) is 24.3 Å². The van der Waals surface area contributed by atoms with Crippen molar-refractivity contribution in [1.29, 1.82) is 0 Å². The monoisotopic (exact) mass is 374 g/mol. The number of aromatic nitrogens is 2. The fraction of sp³-hybridized carbons (Fsp3) is 0.389. The normalized spacial score (nSPS) is 18.5. The number of hydrogen-bond acceptors (Lipinski definition) is 6. The number of rotatable bonds is 4. The number of hydrogen-bond donors (Lipinski definition) is 2. The summed E-state index contributed by atoms with van der Waals surface area (Å²) in [7, 11) is -3.00. The molecule has 1 aromatic carbocycles. The van der Waals surface area contributed by atoms with Crippen LogP contribution in [0.5, 0.6) is 0 Å². The van der Waals surface area contributed by atoms with Gasteiger partial charge in [-0.2, -0.15) is 0 Å². The van der Waals surface area contributed by atoms with E-state index < -0.39 is 9.84 Å². The lowest BCUT2D eigenvalue weighted by atomic mass is 10.1. The highest BCUT2D eigenvalue weighted by Crippen LogP contribution is 2.19. The SMILES string of the molecule is Cc1ccc(C)c(NC(=O)c2cc(C)nc(NC3CCS(=O)(=O)C3)n2)c1. The molecule has 0 saturated carbocycles. The summed E-state index contributed by atoms with van der Waals surface area (Å²) in [5.41, 5.74) is 3.62. The van der Waals surface area contributed by atoms with Crippen LogP contribution in [0, 0.1) is 20.8 Å². The molecule has 1 aliphatic rings. The van der Waals surface area contributed by atoms with Gasteiger partial charge in [0.1, 0.15) is 5.69 Å². The molecule has 0 bridgehead atoms. The van der Waals surface area contributed by atoms with Crippen LogP contribution in [0.3, 0.4) is 0 Å². The van der Waals surface area contributed by atoms with Crippen molar-refractivity contribution in [2.45, 2.75) is 33.2 Å². The fourth-order valence-corrected chi connectivity index (χ4v) is 4.57. The van der Waals surface area contributed by atoms with E-state index in [4.69, 9.17) is 0 Å². The minimum absolute atomic E-state index is 0.0638. The van der Waals surface area contributed by atoms with Crippen molar-refractivity contribution in [3.05, 3.63) is 46.8 Å². The van der Waals surface area contributed by atoms with Crippen molar-refractivity contribution >= 4 is 27.4 Å². The summed E-state index contributed by atoms with van der Waals surface area (Å²) in [6.45, 7) is 5.66. The molecule has 26 heavy (non-hydrogen) atoms. The summed E-state index contributed by atoms with van der Waals surface area (Å²) < 4.78 is 23.2. The van der Waals surface area contributed by atoms with Crippen LogP contribution in [0.1, 0.15) is 33.7 Å². The van der Waals surface area contributed by atoms with E-state index in [2.05, 4.69) is 20.6 Å². The summed E-state index contributed by atoms with van der Waals surface area (Å²) in [6, 6.07) is 7.22. The average Bonchev–Trinajstić information content (AvgIpc) is 2.89. The average molecular weight is 374 g/mol. The standard InChI is InChI=1S/C18H22N4O3S/c1-11-4-5-12(2)15(8-11)21-17(23)16-9-13(3)19-18(22-16)20-14-6-7-26(24,25)10-14/h4-5,8-9,14H,6-7,10H2,1-3H3,(H,21,23)(H,19,20,22). The molecule has 8 heteroatoms. The second-order valence-electron chi connectivity index (χ2n) is 6.73. The van der Waals surface area contributed by atoms with Crippen LogP contribution in [-0.2, 0) is 9.84 Å². The van der Waals surface area contributed by atoms with Gasteiger partial charge in [0.2, 0.25) is 5.95 Å². The number of amides is 1. The van der Waals surface area contributed by atoms with E-state index in [1.54, 1.807) is 13.0 Å². The molecule has 1 aliphatic heterocycles. The highest BCUT2D eigenvalue weighted by molar-refractivity contribution is 7.91. The lowest BCUT2D eigenvalue weighted by Gasteiger charge is -2.13. The van der Waals surface area contributed by atoms with E-state index >= 15 is 0 Å². The Hall–Kier alpha value is -2.48. The maximum absolute atomic E-state index is 12.6. The number of aryl methyl sites for hydroxylation is 3. The third-order valence-electron chi connectivity index (χ3n) is 4.29. The molecule has 2 aromatic rings. The van der Waals surface area contributed by atoms with Gasteiger partial charge in [0.15, 0.2) is 9.84 Å². The Labute approximate surface area is 153 Å². The first-order valence-electron chi connectivity index (χ1n) is 8.43. The molecule has 7 nitrogen and oxygen atoms in total. The highest BCUT2D eigenvalue weighted by atomic mass is 32.2. The van der Waals surface area contributed by atoms with E-state index in [1.807, 2.05) is 32.0 Å². The van der Waals surface area contributed by atoms with Gasteiger partial charge in [0.25, 0.3) is 5.91 Å². The Kier molecular flexibility index (Phi) is 4.95. The largest absolute Gasteiger partial charge is 0.350 e. The highest BCUT2D eigenvalue weighted by Gasteiger charge is 2.28. The van der Waals surface area contributed by atoms with Gasteiger partial charge >= 0.3 is 0 Å². The number of anilines is 2. The van der Waals surface area contributed by atoms with Gasteiger partial charge < -0.3 is 10.6 Å². The topological polar surface area (TPSA) is 101 Å². The third-order valence-corrected chi connectivity index (χ3v) is 6.06. The number of nitrogens with zero attached hydrogens (tertiary/aromatic N) is 2. The zero-order chi connectivity index (χ0) is 18.9. The first kappa shape index (κ1) is 18.3. The summed E-state index contributed by atoms with van der Waals surface area (Å²) in [6.07, 6.45) is 0.518. The molecule has 1 atom stereocenters. The van der Waals surface area contributed by atoms with Gasteiger partial charge in [-0.05, 0) is 50.5 Å². The Morgan fingerprint density at radius 2 is 1.92 bits per heavy atom. The van der Waals surface area contributed by atoms with Crippen molar-refractivity contribution in [2.24, 2.45) is 0 Å². The lowest BCUT2D eigenvalue weighted by Crippen LogP contribution is -2.23. The van der Waals surface area contributed by atoms with Crippen LogP contribution >= 0.6 is 0 Å². The molecule has 1 fully saturated rings. The Morgan fingerprint density at radius 3 is 2.62 bits per heavy atom. The Bertz CT molecular complexity index is 957. The summed E-state index contributed by atoms with van der Waals surface area (Å²) in [5, 5.41) is 5.91. The maximum Gasteiger partial charge on any atom is 0.274 e. The first-order chi connectivity index (χ1) is 12.2. The van der Waals surface area contributed by atoms with Crippen molar-refractivity contribution in [2.75, 3.05) is 22.1 Å². The van der Waals surface area contributed by atoms with Gasteiger partial charge in [0.05, 0.1) is 11.5 Å². The predicted molar refractivity (Wildman–Crippen MR) is 101 cm³/mol.